The molecule has 23 heavy (non-hydrogen) atoms. The van der Waals surface area contributed by atoms with Crippen molar-refractivity contribution in [3.05, 3.63) is 0 Å². The van der Waals surface area contributed by atoms with Crippen LogP contribution in [0.5, 0.6) is 0 Å². The van der Waals surface area contributed by atoms with Gasteiger partial charge in [-0.1, -0.05) is 33.6 Å². The maximum absolute atomic E-state index is 12.5. The standard InChI is InChI=1S/C17H30N2O4/c1-4-9-18-15(20)12-7-5-6-8-13(12)16(21)19-14(17(22)23)10-11(2)3/h11-14H,4-10H2,1-3H3,(H,18,20)(H,19,21)(H,22,23). The van der Waals surface area contributed by atoms with Gasteiger partial charge in [-0.15, -0.1) is 0 Å². The number of amides is 2. The molecular weight excluding hydrogens is 296 g/mol. The van der Waals surface area contributed by atoms with Gasteiger partial charge >= 0.3 is 5.97 Å². The molecule has 1 saturated carbocycles. The second kappa shape index (κ2) is 9.53. The summed E-state index contributed by atoms with van der Waals surface area (Å²) in [7, 11) is 0. The fourth-order valence-electron chi connectivity index (χ4n) is 3.11. The number of aliphatic carboxylic acids is 1. The molecule has 1 aliphatic carbocycles. The van der Waals surface area contributed by atoms with E-state index in [4.69, 9.17) is 0 Å². The lowest BCUT2D eigenvalue weighted by molar-refractivity contribution is -0.144. The van der Waals surface area contributed by atoms with Gasteiger partial charge < -0.3 is 15.7 Å². The van der Waals surface area contributed by atoms with E-state index in [0.29, 0.717) is 25.8 Å². The third kappa shape index (κ3) is 6.20. The Morgan fingerprint density at radius 3 is 2.13 bits per heavy atom. The van der Waals surface area contributed by atoms with Crippen LogP contribution in [0.3, 0.4) is 0 Å². The number of carboxylic acids is 1. The first kappa shape index (κ1) is 19.5. The highest BCUT2D eigenvalue weighted by Crippen LogP contribution is 2.30. The molecule has 0 aromatic carbocycles. The van der Waals surface area contributed by atoms with Crippen LogP contribution in [-0.4, -0.2) is 35.5 Å². The molecule has 2 amide bonds. The molecule has 0 heterocycles. The molecule has 132 valence electrons. The van der Waals surface area contributed by atoms with Crippen LogP contribution in [0.25, 0.3) is 0 Å². The molecule has 3 atom stereocenters. The fraction of sp³-hybridized carbons (Fsp3) is 0.824. The number of hydrogen-bond donors (Lipinski definition) is 3. The van der Waals surface area contributed by atoms with Crippen LogP contribution < -0.4 is 10.6 Å². The lowest BCUT2D eigenvalue weighted by Gasteiger charge is -2.30. The zero-order valence-electron chi connectivity index (χ0n) is 14.4. The second-order valence-corrected chi connectivity index (χ2v) is 6.82. The van der Waals surface area contributed by atoms with Crippen LogP contribution in [0.1, 0.15) is 59.3 Å². The van der Waals surface area contributed by atoms with Gasteiger partial charge in [0, 0.05) is 18.4 Å². The molecule has 3 unspecified atom stereocenters. The zero-order chi connectivity index (χ0) is 17.4. The molecule has 1 aliphatic rings. The smallest absolute Gasteiger partial charge is 0.326 e. The van der Waals surface area contributed by atoms with Gasteiger partial charge in [-0.25, -0.2) is 4.79 Å². The number of carbonyl (C=O) groups excluding carboxylic acids is 2. The average molecular weight is 326 g/mol. The van der Waals surface area contributed by atoms with Crippen LogP contribution in [0.4, 0.5) is 0 Å². The summed E-state index contributed by atoms with van der Waals surface area (Å²) in [6, 6.07) is -0.885. The van der Waals surface area contributed by atoms with Gasteiger partial charge in [0.2, 0.25) is 11.8 Å². The highest BCUT2D eigenvalue weighted by Gasteiger charge is 2.37. The molecule has 6 heteroatoms. The molecule has 0 saturated heterocycles. The normalized spacial score (nSPS) is 22.4. The van der Waals surface area contributed by atoms with Gasteiger partial charge in [-0.2, -0.15) is 0 Å². The zero-order valence-corrected chi connectivity index (χ0v) is 14.4. The van der Waals surface area contributed by atoms with Gasteiger partial charge in [-0.3, -0.25) is 9.59 Å². The van der Waals surface area contributed by atoms with Crippen LogP contribution in [0.2, 0.25) is 0 Å². The van der Waals surface area contributed by atoms with Crippen molar-refractivity contribution in [1.29, 1.82) is 0 Å². The molecule has 3 N–H and O–H groups in total. The highest BCUT2D eigenvalue weighted by atomic mass is 16.4. The van der Waals surface area contributed by atoms with Crippen molar-refractivity contribution in [2.75, 3.05) is 6.54 Å². The van der Waals surface area contributed by atoms with Crippen LogP contribution in [-0.2, 0) is 14.4 Å². The molecule has 1 fully saturated rings. The van der Waals surface area contributed by atoms with Crippen molar-refractivity contribution in [1.82, 2.24) is 10.6 Å². The second-order valence-electron chi connectivity index (χ2n) is 6.82. The molecule has 0 radical (unpaired) electrons. The molecule has 0 aromatic rings. The van der Waals surface area contributed by atoms with E-state index in [1.807, 2.05) is 20.8 Å². The van der Waals surface area contributed by atoms with Crippen molar-refractivity contribution >= 4 is 17.8 Å². The molecule has 0 aromatic heterocycles. The first-order chi connectivity index (χ1) is 10.9. The van der Waals surface area contributed by atoms with Gasteiger partial charge in [0.05, 0.1) is 0 Å². The van der Waals surface area contributed by atoms with Crippen molar-refractivity contribution in [3.8, 4) is 0 Å². The predicted octanol–water partition coefficient (Wildman–Crippen LogP) is 1.93. The van der Waals surface area contributed by atoms with E-state index in [0.717, 1.165) is 19.3 Å². The minimum atomic E-state index is -1.02. The summed E-state index contributed by atoms with van der Waals surface area (Å²) in [5.41, 5.74) is 0. The fourth-order valence-corrected chi connectivity index (χ4v) is 3.11. The van der Waals surface area contributed by atoms with E-state index >= 15 is 0 Å². The van der Waals surface area contributed by atoms with Crippen molar-refractivity contribution in [2.45, 2.75) is 65.3 Å². The van der Waals surface area contributed by atoms with Crippen molar-refractivity contribution in [3.63, 3.8) is 0 Å². The Hall–Kier alpha value is -1.59. The summed E-state index contributed by atoms with van der Waals surface area (Å²) in [5.74, 6) is -1.99. The average Bonchev–Trinajstić information content (AvgIpc) is 2.51. The van der Waals surface area contributed by atoms with E-state index in [-0.39, 0.29) is 23.7 Å². The minimum absolute atomic E-state index is 0.0811. The van der Waals surface area contributed by atoms with E-state index in [2.05, 4.69) is 10.6 Å². The molecule has 1 rings (SSSR count). The van der Waals surface area contributed by atoms with Crippen LogP contribution in [0.15, 0.2) is 0 Å². The lowest BCUT2D eigenvalue weighted by Crippen LogP contribution is -2.49. The summed E-state index contributed by atoms with van der Waals surface area (Å²) in [5, 5.41) is 14.8. The number of rotatable bonds is 8. The summed E-state index contributed by atoms with van der Waals surface area (Å²) < 4.78 is 0. The van der Waals surface area contributed by atoms with E-state index in [9.17, 15) is 19.5 Å². The third-order valence-electron chi connectivity index (χ3n) is 4.31. The van der Waals surface area contributed by atoms with Gasteiger partial charge in [0.25, 0.3) is 0 Å². The molecule has 0 spiro atoms. The SMILES string of the molecule is CCCNC(=O)C1CCCCC1C(=O)NC(CC(C)C)C(=O)O. The summed E-state index contributed by atoms with van der Waals surface area (Å²) in [6.45, 7) is 6.43. The Labute approximate surface area is 138 Å². The van der Waals surface area contributed by atoms with Gasteiger partial charge in [0.15, 0.2) is 0 Å². The Kier molecular flexibility index (Phi) is 8.06. The molecule has 6 nitrogen and oxygen atoms in total. The van der Waals surface area contributed by atoms with E-state index < -0.39 is 17.9 Å². The topological polar surface area (TPSA) is 95.5 Å². The number of nitrogens with one attached hydrogen (secondary N) is 2. The minimum Gasteiger partial charge on any atom is -0.480 e. The maximum atomic E-state index is 12.5. The predicted molar refractivity (Wildman–Crippen MR) is 87.8 cm³/mol. The van der Waals surface area contributed by atoms with Crippen molar-refractivity contribution < 1.29 is 19.5 Å². The lowest BCUT2D eigenvalue weighted by atomic mass is 9.78. The summed E-state index contributed by atoms with van der Waals surface area (Å²) >= 11 is 0. The maximum Gasteiger partial charge on any atom is 0.326 e. The van der Waals surface area contributed by atoms with Gasteiger partial charge in [0.1, 0.15) is 6.04 Å². The van der Waals surface area contributed by atoms with E-state index in [1.54, 1.807) is 0 Å². The largest absolute Gasteiger partial charge is 0.480 e. The molecule has 0 bridgehead atoms. The Bertz CT molecular complexity index is 423. The highest BCUT2D eigenvalue weighted by molar-refractivity contribution is 5.90. The van der Waals surface area contributed by atoms with E-state index in [1.165, 1.54) is 0 Å². The Morgan fingerprint density at radius 2 is 1.65 bits per heavy atom. The monoisotopic (exact) mass is 326 g/mol. The number of carbonyl (C=O) groups is 3. The Balaban J connectivity index is 2.72. The third-order valence-corrected chi connectivity index (χ3v) is 4.31. The number of hydrogen-bond acceptors (Lipinski definition) is 3. The number of carboxylic acid groups (broad SMARTS) is 1. The quantitative estimate of drug-likeness (QED) is 0.635. The Morgan fingerprint density at radius 1 is 1.09 bits per heavy atom. The molecular formula is C17H30N2O4. The summed E-state index contributed by atoms with van der Waals surface area (Å²) in [6.07, 6.45) is 4.41. The van der Waals surface area contributed by atoms with Gasteiger partial charge in [-0.05, 0) is 31.6 Å². The van der Waals surface area contributed by atoms with Crippen molar-refractivity contribution in [2.24, 2.45) is 17.8 Å². The molecule has 0 aliphatic heterocycles. The van der Waals surface area contributed by atoms with Crippen LogP contribution >= 0.6 is 0 Å². The summed E-state index contributed by atoms with van der Waals surface area (Å²) in [4.78, 5) is 36.1. The first-order valence-corrected chi connectivity index (χ1v) is 8.67. The van der Waals surface area contributed by atoms with Crippen LogP contribution in [0, 0.1) is 17.8 Å². The first-order valence-electron chi connectivity index (χ1n) is 8.67.